The van der Waals surface area contributed by atoms with Gasteiger partial charge in [0.05, 0.1) is 33.1 Å². The zero-order chi connectivity index (χ0) is 21.9. The van der Waals surface area contributed by atoms with Crippen molar-refractivity contribution in [3.8, 4) is 17.2 Å². The molecule has 2 aromatic carbocycles. The summed E-state index contributed by atoms with van der Waals surface area (Å²) in [6.45, 7) is 2.18. The smallest absolute Gasteiger partial charge is 0.446 e. The fourth-order valence-corrected chi connectivity index (χ4v) is 3.98. The van der Waals surface area contributed by atoms with Crippen LogP contribution in [0.25, 0.3) is 16.7 Å². The largest absolute Gasteiger partial charge is 0.454 e. The number of ether oxygens (including phenoxy) is 1. The van der Waals surface area contributed by atoms with E-state index >= 15 is 0 Å². The Hall–Kier alpha value is -3.30. The van der Waals surface area contributed by atoms with Crippen LogP contribution in [0.5, 0.6) is 11.5 Å². The normalized spacial score (nSPS) is 14.7. The zero-order valence-electron chi connectivity index (χ0n) is 16.1. The van der Waals surface area contributed by atoms with Crippen LogP contribution in [0.15, 0.2) is 46.0 Å². The second kappa shape index (κ2) is 6.86. The van der Waals surface area contributed by atoms with E-state index in [-0.39, 0.29) is 32.8 Å². The Kier molecular flexibility index (Phi) is 4.35. The third-order valence-electron chi connectivity index (χ3n) is 5.36. The number of halogens is 2. The molecule has 1 saturated carbocycles. The van der Waals surface area contributed by atoms with Crippen LogP contribution in [0.1, 0.15) is 30.4 Å². The van der Waals surface area contributed by atoms with E-state index in [2.05, 4.69) is 26.2 Å². The minimum absolute atomic E-state index is 0.0777. The molecule has 0 saturated heterocycles. The Morgan fingerprint density at radius 3 is 2.58 bits per heavy atom. The van der Waals surface area contributed by atoms with E-state index in [4.69, 9.17) is 33.7 Å². The molecule has 0 aliphatic heterocycles. The molecule has 1 aliphatic carbocycles. The lowest BCUT2D eigenvalue weighted by molar-refractivity contribution is 0.0985. The highest BCUT2D eigenvalue weighted by molar-refractivity contribution is 6.37. The molecule has 31 heavy (non-hydrogen) atoms. The Morgan fingerprint density at radius 1 is 1.23 bits per heavy atom. The van der Waals surface area contributed by atoms with Gasteiger partial charge in [-0.1, -0.05) is 23.2 Å². The van der Waals surface area contributed by atoms with Crippen LogP contribution in [0.2, 0.25) is 10.0 Å². The maximum absolute atomic E-state index is 12.0. The number of carbonyl (C=O) groups is 1. The third-order valence-corrected chi connectivity index (χ3v) is 5.92. The van der Waals surface area contributed by atoms with Crippen LogP contribution in [-0.4, -0.2) is 25.2 Å². The number of aromatic nitrogens is 4. The van der Waals surface area contributed by atoms with E-state index in [9.17, 15) is 9.59 Å². The molecule has 11 heteroatoms. The van der Waals surface area contributed by atoms with E-state index in [1.807, 2.05) is 18.5 Å². The predicted molar refractivity (Wildman–Crippen MR) is 113 cm³/mol. The van der Waals surface area contributed by atoms with Gasteiger partial charge in [-0.3, -0.25) is 9.32 Å². The molecule has 2 heterocycles. The molecule has 5 rings (SSSR count). The van der Waals surface area contributed by atoms with Gasteiger partial charge in [-0.2, -0.15) is 0 Å². The van der Waals surface area contributed by atoms with Crippen molar-refractivity contribution in [1.82, 2.24) is 19.3 Å². The van der Waals surface area contributed by atoms with Crippen LogP contribution in [0.3, 0.4) is 0 Å². The second-order valence-corrected chi connectivity index (χ2v) is 8.39. The van der Waals surface area contributed by atoms with Crippen molar-refractivity contribution in [3.63, 3.8) is 0 Å². The van der Waals surface area contributed by atoms with Crippen LogP contribution in [0, 0.1) is 0 Å². The summed E-state index contributed by atoms with van der Waals surface area (Å²) in [6, 6.07) is 8.32. The maximum atomic E-state index is 12.0. The van der Waals surface area contributed by atoms with Crippen molar-refractivity contribution < 1.29 is 14.1 Å². The summed E-state index contributed by atoms with van der Waals surface area (Å²) in [6.07, 6.45) is 4.03. The van der Waals surface area contributed by atoms with Crippen molar-refractivity contribution in [3.05, 3.63) is 63.1 Å². The summed E-state index contributed by atoms with van der Waals surface area (Å²) < 4.78 is 13.5. The SMILES string of the molecule is CC1(n2cnc3ccc(Oc4c(Cl)cc(-n5c(C(N)=O)noc5=O)cc4Cl)cc32)CC1. The lowest BCUT2D eigenvalue weighted by Gasteiger charge is -2.14. The van der Waals surface area contributed by atoms with Crippen LogP contribution < -0.4 is 16.2 Å². The molecule has 0 bridgehead atoms. The summed E-state index contributed by atoms with van der Waals surface area (Å²) in [4.78, 5) is 27.9. The number of fused-ring (bicyclic) bond motifs is 1. The van der Waals surface area contributed by atoms with Crippen molar-refractivity contribution >= 4 is 40.1 Å². The van der Waals surface area contributed by atoms with Gasteiger partial charge in [0.25, 0.3) is 5.91 Å². The molecule has 0 atom stereocenters. The molecule has 0 spiro atoms. The molecular weight excluding hydrogens is 445 g/mol. The standard InChI is InChI=1S/C20H15Cl2N5O4/c1-20(4-5-20)26-9-24-14-3-2-11(8-15(14)26)30-16-12(21)6-10(7-13(16)22)27-18(17(23)28)25-31-19(27)29/h2-3,6-9H,4-5H2,1H3,(H2,23,28). The van der Waals surface area contributed by atoms with Gasteiger partial charge in [-0.15, -0.1) is 0 Å². The topological polar surface area (TPSA) is 118 Å². The van der Waals surface area contributed by atoms with Crippen molar-refractivity contribution in [2.75, 3.05) is 0 Å². The predicted octanol–water partition coefficient (Wildman–Crippen LogP) is 3.88. The Morgan fingerprint density at radius 2 is 1.94 bits per heavy atom. The van der Waals surface area contributed by atoms with Crippen LogP contribution >= 0.6 is 23.2 Å². The van der Waals surface area contributed by atoms with E-state index in [0.29, 0.717) is 5.75 Å². The van der Waals surface area contributed by atoms with Gasteiger partial charge in [-0.25, -0.2) is 14.3 Å². The Bertz CT molecular complexity index is 1390. The number of nitrogens with zero attached hydrogens (tertiary/aromatic N) is 4. The molecular formula is C20H15Cl2N5O4. The molecule has 4 aromatic rings. The highest BCUT2D eigenvalue weighted by atomic mass is 35.5. The first kappa shape index (κ1) is 19.7. The summed E-state index contributed by atoms with van der Waals surface area (Å²) in [5.41, 5.74) is 7.29. The number of hydrogen-bond acceptors (Lipinski definition) is 6. The van der Waals surface area contributed by atoms with Crippen LogP contribution in [0.4, 0.5) is 0 Å². The number of hydrogen-bond donors (Lipinski definition) is 1. The van der Waals surface area contributed by atoms with Gasteiger partial charge < -0.3 is 15.0 Å². The number of amides is 1. The molecule has 158 valence electrons. The average Bonchev–Trinajstić information content (AvgIpc) is 3.14. The fraction of sp³-hybridized carbons (Fsp3) is 0.200. The second-order valence-electron chi connectivity index (χ2n) is 7.57. The van der Waals surface area contributed by atoms with Crippen LogP contribution in [-0.2, 0) is 5.54 Å². The number of rotatable bonds is 5. The van der Waals surface area contributed by atoms with Gasteiger partial charge in [0, 0.05) is 11.6 Å². The molecule has 1 amide bonds. The first-order valence-corrected chi connectivity index (χ1v) is 10.1. The lowest BCUT2D eigenvalue weighted by atomic mass is 10.2. The molecule has 0 unspecified atom stereocenters. The van der Waals surface area contributed by atoms with E-state index in [1.54, 1.807) is 6.07 Å². The van der Waals surface area contributed by atoms with E-state index in [0.717, 1.165) is 28.4 Å². The maximum Gasteiger partial charge on any atom is 0.446 e. The average molecular weight is 460 g/mol. The monoisotopic (exact) mass is 459 g/mol. The quantitative estimate of drug-likeness (QED) is 0.483. The van der Waals surface area contributed by atoms with Gasteiger partial charge in [0.15, 0.2) is 5.75 Å². The summed E-state index contributed by atoms with van der Waals surface area (Å²) in [5, 5.41) is 3.61. The van der Waals surface area contributed by atoms with Gasteiger partial charge >= 0.3 is 5.76 Å². The van der Waals surface area contributed by atoms with Crippen molar-refractivity contribution in [1.29, 1.82) is 0 Å². The number of primary amides is 1. The molecule has 2 N–H and O–H groups in total. The zero-order valence-corrected chi connectivity index (χ0v) is 17.6. The first-order chi connectivity index (χ1) is 14.8. The van der Waals surface area contributed by atoms with E-state index < -0.39 is 11.7 Å². The number of nitrogens with two attached hydrogens (primary N) is 1. The van der Waals surface area contributed by atoms with Crippen molar-refractivity contribution in [2.24, 2.45) is 5.73 Å². The summed E-state index contributed by atoms with van der Waals surface area (Å²) >= 11 is 12.8. The lowest BCUT2D eigenvalue weighted by Crippen LogP contribution is -2.22. The molecule has 1 fully saturated rings. The minimum atomic E-state index is -0.937. The number of benzene rings is 2. The van der Waals surface area contributed by atoms with E-state index in [1.165, 1.54) is 12.1 Å². The highest BCUT2D eigenvalue weighted by Crippen LogP contribution is 2.45. The van der Waals surface area contributed by atoms with Crippen molar-refractivity contribution in [2.45, 2.75) is 25.3 Å². The summed E-state index contributed by atoms with van der Waals surface area (Å²) in [7, 11) is 0. The number of imidazole rings is 1. The minimum Gasteiger partial charge on any atom is -0.454 e. The molecule has 9 nitrogen and oxygen atoms in total. The molecule has 1 aliphatic rings. The summed E-state index contributed by atoms with van der Waals surface area (Å²) in [5.74, 6) is -1.50. The van der Waals surface area contributed by atoms with Gasteiger partial charge in [0.1, 0.15) is 5.75 Å². The fourth-order valence-electron chi connectivity index (χ4n) is 3.43. The Balaban J connectivity index is 1.53. The first-order valence-electron chi connectivity index (χ1n) is 9.30. The van der Waals surface area contributed by atoms with Gasteiger partial charge in [-0.05, 0) is 49.2 Å². The third kappa shape index (κ3) is 3.26. The van der Waals surface area contributed by atoms with Gasteiger partial charge in [0.2, 0.25) is 5.82 Å². The number of carbonyl (C=O) groups excluding carboxylic acids is 1. The molecule has 0 radical (unpaired) electrons. The molecule has 2 aromatic heterocycles. The highest BCUT2D eigenvalue weighted by Gasteiger charge is 2.40. The Labute approximate surface area is 184 Å².